The number of nitrogens with zero attached hydrogens (tertiary/aromatic N) is 1. The highest BCUT2D eigenvalue weighted by molar-refractivity contribution is 6.06. The van der Waals surface area contributed by atoms with E-state index in [-0.39, 0.29) is 23.7 Å². The summed E-state index contributed by atoms with van der Waals surface area (Å²) in [6.45, 7) is 0. The first-order valence-corrected chi connectivity index (χ1v) is 7.86. The Morgan fingerprint density at radius 3 is 2.14 bits per heavy atom. The van der Waals surface area contributed by atoms with Crippen LogP contribution in [0, 0.1) is 17.8 Å². The first-order valence-electron chi connectivity index (χ1n) is 7.86. The van der Waals surface area contributed by atoms with Gasteiger partial charge in [0, 0.05) is 0 Å². The van der Waals surface area contributed by atoms with E-state index in [1.54, 1.807) is 0 Å². The summed E-state index contributed by atoms with van der Waals surface area (Å²) in [7, 11) is 0. The Hall–Kier alpha value is -1.65. The number of likely N-dealkylation sites (tertiary alicyclic amines) is 1. The molecule has 5 nitrogen and oxygen atoms in total. The molecule has 4 unspecified atom stereocenters. The van der Waals surface area contributed by atoms with Crippen LogP contribution in [-0.2, 0) is 14.4 Å². The van der Waals surface area contributed by atoms with Crippen molar-refractivity contribution in [2.24, 2.45) is 17.8 Å². The molecule has 114 valence electrons. The SMILES string of the molecule is O=C(O)C1CCCCCC1N1C(=O)C2CC=CCC2C1=O. The first-order chi connectivity index (χ1) is 10.1. The Labute approximate surface area is 124 Å². The lowest BCUT2D eigenvalue weighted by Crippen LogP contribution is -2.47. The molecule has 1 N–H and O–H groups in total. The van der Waals surface area contributed by atoms with E-state index in [0.29, 0.717) is 25.7 Å². The van der Waals surface area contributed by atoms with E-state index in [2.05, 4.69) is 0 Å². The molecule has 1 saturated carbocycles. The van der Waals surface area contributed by atoms with Gasteiger partial charge in [0.2, 0.25) is 11.8 Å². The molecule has 0 aromatic rings. The van der Waals surface area contributed by atoms with E-state index in [1.165, 1.54) is 4.90 Å². The molecule has 0 bridgehead atoms. The molecule has 2 aliphatic carbocycles. The number of carbonyl (C=O) groups is 3. The van der Waals surface area contributed by atoms with Gasteiger partial charge in [-0.05, 0) is 25.7 Å². The van der Waals surface area contributed by atoms with Crippen LogP contribution >= 0.6 is 0 Å². The van der Waals surface area contributed by atoms with Gasteiger partial charge in [-0.1, -0.05) is 31.4 Å². The lowest BCUT2D eigenvalue weighted by Gasteiger charge is -2.30. The third-order valence-electron chi connectivity index (χ3n) is 5.17. The molecule has 0 aromatic carbocycles. The van der Waals surface area contributed by atoms with Gasteiger partial charge in [-0.25, -0.2) is 0 Å². The molecular formula is C16H21NO4. The monoisotopic (exact) mass is 291 g/mol. The second-order valence-electron chi connectivity index (χ2n) is 6.35. The summed E-state index contributed by atoms with van der Waals surface area (Å²) in [4.78, 5) is 38.1. The van der Waals surface area contributed by atoms with Gasteiger partial charge in [-0.2, -0.15) is 0 Å². The minimum atomic E-state index is -0.879. The number of hydrogen-bond acceptors (Lipinski definition) is 3. The maximum atomic E-state index is 12.6. The van der Waals surface area contributed by atoms with E-state index >= 15 is 0 Å². The Kier molecular flexibility index (Phi) is 3.83. The number of amides is 2. The number of fused-ring (bicyclic) bond motifs is 1. The molecule has 3 rings (SSSR count). The highest BCUT2D eigenvalue weighted by Gasteiger charge is 2.51. The molecule has 1 saturated heterocycles. The molecular weight excluding hydrogens is 270 g/mol. The molecule has 21 heavy (non-hydrogen) atoms. The summed E-state index contributed by atoms with van der Waals surface area (Å²) in [6, 6.07) is -0.449. The summed E-state index contributed by atoms with van der Waals surface area (Å²) in [5, 5.41) is 9.46. The van der Waals surface area contributed by atoms with Crippen molar-refractivity contribution in [3.05, 3.63) is 12.2 Å². The number of allylic oxidation sites excluding steroid dienone is 2. The molecule has 5 heteroatoms. The Morgan fingerprint density at radius 1 is 1.00 bits per heavy atom. The highest BCUT2D eigenvalue weighted by atomic mass is 16.4. The molecule has 4 atom stereocenters. The largest absolute Gasteiger partial charge is 0.481 e. The summed E-state index contributed by atoms with van der Waals surface area (Å²) in [5.41, 5.74) is 0. The topological polar surface area (TPSA) is 74.7 Å². The second kappa shape index (κ2) is 5.62. The molecule has 2 amide bonds. The molecule has 0 spiro atoms. The maximum absolute atomic E-state index is 12.6. The first kappa shape index (κ1) is 14.3. The van der Waals surface area contributed by atoms with Gasteiger partial charge in [0.1, 0.15) is 0 Å². The van der Waals surface area contributed by atoms with E-state index in [0.717, 1.165) is 19.3 Å². The number of aliphatic carboxylic acids is 1. The van der Waals surface area contributed by atoms with Crippen LogP contribution < -0.4 is 0 Å². The predicted octanol–water partition coefficient (Wildman–Crippen LogP) is 1.97. The Morgan fingerprint density at radius 2 is 1.57 bits per heavy atom. The maximum Gasteiger partial charge on any atom is 0.308 e. The van der Waals surface area contributed by atoms with Crippen LogP contribution in [0.2, 0.25) is 0 Å². The van der Waals surface area contributed by atoms with E-state index in [4.69, 9.17) is 0 Å². The fourth-order valence-corrected chi connectivity index (χ4v) is 4.04. The van der Waals surface area contributed by atoms with E-state index in [9.17, 15) is 19.5 Å². The second-order valence-corrected chi connectivity index (χ2v) is 6.35. The van der Waals surface area contributed by atoms with Gasteiger partial charge in [0.15, 0.2) is 0 Å². The van der Waals surface area contributed by atoms with Gasteiger partial charge in [-0.3, -0.25) is 19.3 Å². The standard InChI is InChI=1S/C16H21NO4/c18-14-10-6-4-5-7-11(10)15(19)17(14)13-9-3-1-2-8-12(13)16(20)21/h4-5,10-13H,1-3,6-9H2,(H,20,21). The van der Waals surface area contributed by atoms with Crippen molar-refractivity contribution >= 4 is 17.8 Å². The van der Waals surface area contributed by atoms with Crippen LogP contribution in [-0.4, -0.2) is 33.8 Å². The minimum Gasteiger partial charge on any atom is -0.481 e. The van der Waals surface area contributed by atoms with Crippen molar-refractivity contribution in [2.45, 2.75) is 51.0 Å². The summed E-state index contributed by atoms with van der Waals surface area (Å²) >= 11 is 0. The van der Waals surface area contributed by atoms with Crippen molar-refractivity contribution in [2.75, 3.05) is 0 Å². The fraction of sp³-hybridized carbons (Fsp3) is 0.688. The van der Waals surface area contributed by atoms with Crippen molar-refractivity contribution in [1.82, 2.24) is 4.90 Å². The van der Waals surface area contributed by atoms with Gasteiger partial charge in [-0.15, -0.1) is 0 Å². The molecule has 0 radical (unpaired) electrons. The predicted molar refractivity (Wildman–Crippen MR) is 75.2 cm³/mol. The van der Waals surface area contributed by atoms with Crippen LogP contribution in [0.15, 0.2) is 12.2 Å². The summed E-state index contributed by atoms with van der Waals surface area (Å²) in [6.07, 6.45) is 9.04. The van der Waals surface area contributed by atoms with Gasteiger partial charge in [0.25, 0.3) is 0 Å². The van der Waals surface area contributed by atoms with Crippen molar-refractivity contribution in [1.29, 1.82) is 0 Å². The fourth-order valence-electron chi connectivity index (χ4n) is 4.04. The van der Waals surface area contributed by atoms with Gasteiger partial charge in [0.05, 0.1) is 23.8 Å². The Bertz CT molecular complexity index is 473. The number of carbonyl (C=O) groups excluding carboxylic acids is 2. The van der Waals surface area contributed by atoms with E-state index < -0.39 is 17.9 Å². The average Bonchev–Trinajstić information content (AvgIpc) is 2.66. The van der Waals surface area contributed by atoms with Crippen LogP contribution in [0.1, 0.15) is 44.9 Å². The normalized spacial score (nSPS) is 36.5. The highest BCUT2D eigenvalue weighted by Crippen LogP contribution is 2.39. The van der Waals surface area contributed by atoms with Crippen molar-refractivity contribution < 1.29 is 19.5 Å². The molecule has 0 aromatic heterocycles. The van der Waals surface area contributed by atoms with Crippen LogP contribution in [0.3, 0.4) is 0 Å². The van der Waals surface area contributed by atoms with Crippen molar-refractivity contribution in [3.8, 4) is 0 Å². The number of rotatable bonds is 2. The number of imide groups is 1. The van der Waals surface area contributed by atoms with Crippen molar-refractivity contribution in [3.63, 3.8) is 0 Å². The molecule has 1 aliphatic heterocycles. The lowest BCUT2D eigenvalue weighted by atomic mass is 9.85. The third-order valence-corrected chi connectivity index (χ3v) is 5.17. The smallest absolute Gasteiger partial charge is 0.308 e. The summed E-state index contributed by atoms with van der Waals surface area (Å²) in [5.74, 6) is -2.30. The van der Waals surface area contributed by atoms with Crippen LogP contribution in [0.4, 0.5) is 0 Å². The molecule has 3 aliphatic rings. The van der Waals surface area contributed by atoms with Crippen LogP contribution in [0.25, 0.3) is 0 Å². The quantitative estimate of drug-likeness (QED) is 0.479. The molecule has 2 fully saturated rings. The number of carboxylic acids is 1. The zero-order chi connectivity index (χ0) is 15.0. The van der Waals surface area contributed by atoms with Crippen LogP contribution in [0.5, 0.6) is 0 Å². The average molecular weight is 291 g/mol. The lowest BCUT2D eigenvalue weighted by molar-refractivity contribution is -0.150. The van der Waals surface area contributed by atoms with Gasteiger partial charge < -0.3 is 5.11 Å². The van der Waals surface area contributed by atoms with Gasteiger partial charge >= 0.3 is 5.97 Å². The third kappa shape index (κ3) is 2.39. The Balaban J connectivity index is 1.88. The minimum absolute atomic E-state index is 0.146. The number of carboxylic acid groups (broad SMARTS) is 1. The molecule has 1 heterocycles. The van der Waals surface area contributed by atoms with E-state index in [1.807, 2.05) is 12.2 Å². The zero-order valence-corrected chi connectivity index (χ0v) is 12.0. The zero-order valence-electron chi connectivity index (χ0n) is 12.0. The number of hydrogen-bond donors (Lipinski definition) is 1. The summed E-state index contributed by atoms with van der Waals surface area (Å²) < 4.78 is 0.